The van der Waals surface area contributed by atoms with E-state index < -0.39 is 0 Å². The number of nitriles is 1. The van der Waals surface area contributed by atoms with Crippen LogP contribution in [-0.4, -0.2) is 39.5 Å². The third-order valence-corrected chi connectivity index (χ3v) is 8.58. The lowest BCUT2D eigenvalue weighted by atomic mass is 10.1. The van der Waals surface area contributed by atoms with Crippen molar-refractivity contribution in [3.8, 4) is 17.5 Å². The van der Waals surface area contributed by atoms with Crippen molar-refractivity contribution < 1.29 is 4.79 Å². The van der Waals surface area contributed by atoms with E-state index in [-0.39, 0.29) is 11.7 Å². The molecule has 2 heterocycles. The van der Waals surface area contributed by atoms with Gasteiger partial charge >= 0.3 is 0 Å². The lowest BCUT2D eigenvalue weighted by molar-refractivity contribution is -0.113. The Kier molecular flexibility index (Phi) is 8.47. The Morgan fingerprint density at radius 3 is 2.57 bits per heavy atom. The van der Waals surface area contributed by atoms with Gasteiger partial charge in [0.25, 0.3) is 0 Å². The standard InChI is InChI=1S/C26H32N6OS2/c1-4-31(5-2)19-14-12-18(13-15-19)24-29-30-26(32(24)6-3)34-17-23(33)28-25-21(16-27)20-10-8-7-9-11-22(20)35-25/h12-15H,4-11,17H2,1-3H3,(H,28,33). The molecule has 0 saturated heterocycles. The molecule has 1 aliphatic carbocycles. The number of benzene rings is 1. The Bertz CT molecular complexity index is 1200. The molecule has 0 spiro atoms. The first-order valence-corrected chi connectivity index (χ1v) is 14.2. The Labute approximate surface area is 215 Å². The van der Waals surface area contributed by atoms with Crippen LogP contribution in [0.2, 0.25) is 0 Å². The van der Waals surface area contributed by atoms with Gasteiger partial charge in [0.05, 0.1) is 11.3 Å². The first-order valence-electron chi connectivity index (χ1n) is 12.3. The smallest absolute Gasteiger partial charge is 0.235 e. The van der Waals surface area contributed by atoms with Crippen LogP contribution in [0.25, 0.3) is 11.4 Å². The summed E-state index contributed by atoms with van der Waals surface area (Å²) in [5.74, 6) is 0.890. The maximum atomic E-state index is 12.8. The number of thioether (sulfide) groups is 1. The number of nitrogens with one attached hydrogen (secondary N) is 1. The number of anilines is 2. The zero-order valence-corrected chi connectivity index (χ0v) is 22.3. The maximum Gasteiger partial charge on any atom is 0.235 e. The zero-order chi connectivity index (χ0) is 24.8. The van der Waals surface area contributed by atoms with Crippen LogP contribution < -0.4 is 10.2 Å². The molecule has 0 saturated carbocycles. The van der Waals surface area contributed by atoms with E-state index >= 15 is 0 Å². The molecule has 0 atom stereocenters. The first kappa shape index (κ1) is 25.3. The van der Waals surface area contributed by atoms with E-state index in [4.69, 9.17) is 0 Å². The minimum atomic E-state index is -0.126. The highest BCUT2D eigenvalue weighted by Gasteiger charge is 2.21. The van der Waals surface area contributed by atoms with Crippen molar-refractivity contribution in [1.29, 1.82) is 5.26 Å². The summed E-state index contributed by atoms with van der Waals surface area (Å²) in [7, 11) is 0. The summed E-state index contributed by atoms with van der Waals surface area (Å²) in [4.78, 5) is 16.3. The molecule has 1 N–H and O–H groups in total. The molecule has 184 valence electrons. The summed E-state index contributed by atoms with van der Waals surface area (Å²) in [6.07, 6.45) is 5.38. The van der Waals surface area contributed by atoms with Crippen LogP contribution >= 0.6 is 23.1 Å². The molecule has 1 aromatic carbocycles. The summed E-state index contributed by atoms with van der Waals surface area (Å²) in [6, 6.07) is 10.7. The molecule has 7 nitrogen and oxygen atoms in total. The number of rotatable bonds is 9. The minimum Gasteiger partial charge on any atom is -0.372 e. The molecule has 3 aromatic rings. The van der Waals surface area contributed by atoms with E-state index in [0.29, 0.717) is 22.3 Å². The number of fused-ring (bicyclic) bond motifs is 1. The number of aromatic nitrogens is 3. The summed E-state index contributed by atoms with van der Waals surface area (Å²) in [6.45, 7) is 9.00. The Hall–Kier alpha value is -2.83. The molecule has 0 radical (unpaired) electrons. The van der Waals surface area contributed by atoms with Gasteiger partial charge in [-0.05, 0) is 76.3 Å². The summed E-state index contributed by atoms with van der Waals surface area (Å²) in [5.41, 5.74) is 3.98. The van der Waals surface area contributed by atoms with E-state index in [1.165, 1.54) is 28.7 Å². The molecular weight excluding hydrogens is 476 g/mol. The van der Waals surface area contributed by atoms with Gasteiger partial charge in [-0.2, -0.15) is 5.26 Å². The highest BCUT2D eigenvalue weighted by molar-refractivity contribution is 7.99. The van der Waals surface area contributed by atoms with Crippen LogP contribution in [0.1, 0.15) is 56.0 Å². The third kappa shape index (κ3) is 5.54. The number of aryl methyl sites for hydroxylation is 1. The van der Waals surface area contributed by atoms with E-state index in [1.54, 1.807) is 11.3 Å². The predicted octanol–water partition coefficient (Wildman–Crippen LogP) is 5.74. The van der Waals surface area contributed by atoms with Crippen molar-refractivity contribution in [2.75, 3.05) is 29.1 Å². The molecular formula is C26H32N6OS2. The topological polar surface area (TPSA) is 86.8 Å². The average Bonchev–Trinajstić information content (AvgIpc) is 3.35. The second-order valence-electron chi connectivity index (χ2n) is 8.49. The van der Waals surface area contributed by atoms with Crippen LogP contribution in [0.4, 0.5) is 10.7 Å². The lowest BCUT2D eigenvalue weighted by Crippen LogP contribution is -2.21. The maximum absolute atomic E-state index is 12.8. The second kappa shape index (κ2) is 11.7. The lowest BCUT2D eigenvalue weighted by Gasteiger charge is -2.21. The van der Waals surface area contributed by atoms with Gasteiger partial charge in [0.2, 0.25) is 5.91 Å². The molecule has 0 aliphatic heterocycles. The van der Waals surface area contributed by atoms with Crippen molar-refractivity contribution in [3.05, 3.63) is 40.3 Å². The number of nitrogens with zero attached hydrogens (tertiary/aromatic N) is 5. The van der Waals surface area contributed by atoms with Gasteiger partial charge in [-0.15, -0.1) is 21.5 Å². The monoisotopic (exact) mass is 508 g/mol. The van der Waals surface area contributed by atoms with Gasteiger partial charge in [0.1, 0.15) is 11.1 Å². The fourth-order valence-electron chi connectivity index (χ4n) is 4.55. The zero-order valence-electron chi connectivity index (χ0n) is 20.6. The van der Waals surface area contributed by atoms with Crippen LogP contribution in [0, 0.1) is 11.3 Å². The Morgan fingerprint density at radius 1 is 1.14 bits per heavy atom. The number of carbonyl (C=O) groups excluding carboxylic acids is 1. The third-order valence-electron chi connectivity index (χ3n) is 6.41. The number of thiophene rings is 1. The van der Waals surface area contributed by atoms with Crippen LogP contribution in [0.15, 0.2) is 29.4 Å². The van der Waals surface area contributed by atoms with E-state index in [1.807, 2.05) is 4.57 Å². The first-order chi connectivity index (χ1) is 17.1. The number of hydrogen-bond donors (Lipinski definition) is 1. The number of carbonyl (C=O) groups is 1. The molecule has 35 heavy (non-hydrogen) atoms. The fraction of sp³-hybridized carbons (Fsp3) is 0.462. The van der Waals surface area contributed by atoms with Gasteiger partial charge in [0.15, 0.2) is 11.0 Å². The number of amides is 1. The Balaban J connectivity index is 1.44. The number of hydrogen-bond acceptors (Lipinski definition) is 7. The average molecular weight is 509 g/mol. The van der Waals surface area contributed by atoms with E-state index in [0.717, 1.165) is 55.7 Å². The van der Waals surface area contributed by atoms with Crippen molar-refractivity contribution in [2.45, 2.75) is 64.6 Å². The molecule has 0 bridgehead atoms. The SMILES string of the molecule is CCN(CC)c1ccc(-c2nnc(SCC(=O)Nc3sc4c(c3C#N)CCCCC4)n2CC)cc1. The van der Waals surface area contributed by atoms with Gasteiger partial charge in [-0.3, -0.25) is 4.79 Å². The summed E-state index contributed by atoms with van der Waals surface area (Å²) in [5, 5.41) is 22.9. The largest absolute Gasteiger partial charge is 0.372 e. The summed E-state index contributed by atoms with van der Waals surface area (Å²) < 4.78 is 2.04. The predicted molar refractivity (Wildman–Crippen MR) is 144 cm³/mol. The molecule has 0 fully saturated rings. The molecule has 9 heteroatoms. The van der Waals surface area contributed by atoms with Crippen LogP contribution in [-0.2, 0) is 24.2 Å². The van der Waals surface area contributed by atoms with Gasteiger partial charge in [-0.25, -0.2) is 0 Å². The van der Waals surface area contributed by atoms with Crippen LogP contribution in [0.5, 0.6) is 0 Å². The van der Waals surface area contributed by atoms with Gasteiger partial charge < -0.3 is 14.8 Å². The van der Waals surface area contributed by atoms with Gasteiger partial charge in [-0.1, -0.05) is 18.2 Å². The normalized spacial score (nSPS) is 13.1. The van der Waals surface area contributed by atoms with E-state index in [9.17, 15) is 10.1 Å². The molecule has 1 amide bonds. The van der Waals surface area contributed by atoms with Crippen molar-refractivity contribution in [1.82, 2.24) is 14.8 Å². The highest BCUT2D eigenvalue weighted by Crippen LogP contribution is 2.37. The molecule has 1 aliphatic rings. The second-order valence-corrected chi connectivity index (χ2v) is 10.5. The highest BCUT2D eigenvalue weighted by atomic mass is 32.2. The minimum absolute atomic E-state index is 0.126. The van der Waals surface area contributed by atoms with E-state index in [2.05, 4.69) is 71.5 Å². The van der Waals surface area contributed by atoms with Crippen molar-refractivity contribution in [2.24, 2.45) is 0 Å². The van der Waals surface area contributed by atoms with Gasteiger partial charge in [0, 0.05) is 35.8 Å². The Morgan fingerprint density at radius 2 is 1.89 bits per heavy atom. The fourth-order valence-corrected chi connectivity index (χ4v) is 6.60. The van der Waals surface area contributed by atoms with Crippen molar-refractivity contribution >= 4 is 39.7 Å². The quantitative estimate of drug-likeness (QED) is 0.293. The van der Waals surface area contributed by atoms with Crippen LogP contribution in [0.3, 0.4) is 0 Å². The molecule has 2 aromatic heterocycles. The molecule has 0 unspecified atom stereocenters. The summed E-state index contributed by atoms with van der Waals surface area (Å²) >= 11 is 2.94. The molecule has 4 rings (SSSR count). The van der Waals surface area contributed by atoms with Crippen molar-refractivity contribution in [3.63, 3.8) is 0 Å².